The second-order valence-electron chi connectivity index (χ2n) is 7.05. The zero-order chi connectivity index (χ0) is 18.1. The summed E-state index contributed by atoms with van der Waals surface area (Å²) in [4.78, 5) is 39.9. The highest BCUT2D eigenvalue weighted by atomic mass is 16.2. The van der Waals surface area contributed by atoms with E-state index in [-0.39, 0.29) is 23.1 Å². The molecule has 9 heteroatoms. The number of amides is 3. The van der Waals surface area contributed by atoms with E-state index in [0.29, 0.717) is 37.0 Å². The fraction of sp³-hybridized carbons (Fsp3) is 0.471. The predicted molar refractivity (Wildman–Crippen MR) is 92.1 cm³/mol. The van der Waals surface area contributed by atoms with Crippen LogP contribution >= 0.6 is 0 Å². The van der Waals surface area contributed by atoms with E-state index in [1.165, 1.54) is 0 Å². The molecule has 0 radical (unpaired) electrons. The van der Waals surface area contributed by atoms with Gasteiger partial charge in [-0.25, -0.2) is 0 Å². The summed E-state index contributed by atoms with van der Waals surface area (Å²) >= 11 is 0. The maximum absolute atomic E-state index is 12.5. The molecule has 2 fully saturated rings. The van der Waals surface area contributed by atoms with Gasteiger partial charge in [0, 0.05) is 31.1 Å². The molecule has 1 saturated heterocycles. The Bertz CT molecular complexity index is 872. The largest absolute Gasteiger partial charge is 0.354 e. The Kier molecular flexibility index (Phi) is 4.06. The van der Waals surface area contributed by atoms with E-state index < -0.39 is 6.04 Å². The van der Waals surface area contributed by atoms with Crippen LogP contribution < -0.4 is 16.0 Å². The third-order valence-electron chi connectivity index (χ3n) is 5.11. The van der Waals surface area contributed by atoms with Crippen LogP contribution in [-0.4, -0.2) is 52.0 Å². The molecule has 0 bridgehead atoms. The molecule has 4 N–H and O–H groups in total. The standard InChI is InChI=1S/C17H20N6O3/c24-13-2-1-12(22-13)15(25)19-8-17(4-5-17)9-20-16(26)14-10-7-21-23-11(10)3-6-18-14/h3,6-7,12H,1-2,4-5,8-9H2,(H,19,25)(H,20,26)(H,21,23)(H,22,24)/t12-/m1/s1. The summed E-state index contributed by atoms with van der Waals surface area (Å²) < 4.78 is 0. The molecule has 2 aromatic rings. The first-order valence-electron chi connectivity index (χ1n) is 8.70. The number of aromatic amines is 1. The van der Waals surface area contributed by atoms with Crippen LogP contribution in [0.3, 0.4) is 0 Å². The van der Waals surface area contributed by atoms with Crippen LogP contribution in [0.5, 0.6) is 0 Å². The van der Waals surface area contributed by atoms with Crippen LogP contribution in [0.25, 0.3) is 10.9 Å². The van der Waals surface area contributed by atoms with Gasteiger partial charge in [-0.3, -0.25) is 24.5 Å². The minimum Gasteiger partial charge on any atom is -0.354 e. The predicted octanol–water partition coefficient (Wildman–Crippen LogP) is -0.137. The number of nitrogens with zero attached hydrogens (tertiary/aromatic N) is 2. The van der Waals surface area contributed by atoms with Crippen LogP contribution in [0.4, 0.5) is 0 Å². The second-order valence-corrected chi connectivity index (χ2v) is 7.05. The van der Waals surface area contributed by atoms with Crippen molar-refractivity contribution in [1.82, 2.24) is 31.1 Å². The molecule has 9 nitrogen and oxygen atoms in total. The van der Waals surface area contributed by atoms with Crippen LogP contribution in [0.2, 0.25) is 0 Å². The van der Waals surface area contributed by atoms with Gasteiger partial charge < -0.3 is 16.0 Å². The quantitative estimate of drug-likeness (QED) is 0.573. The fourth-order valence-electron chi connectivity index (χ4n) is 3.20. The minimum atomic E-state index is -0.434. The van der Waals surface area contributed by atoms with Crippen molar-refractivity contribution in [3.8, 4) is 0 Å². The summed E-state index contributed by atoms with van der Waals surface area (Å²) in [6.45, 7) is 0.959. The molecule has 1 atom stereocenters. The Morgan fingerprint density at radius 1 is 1.27 bits per heavy atom. The van der Waals surface area contributed by atoms with Crippen molar-refractivity contribution in [2.75, 3.05) is 13.1 Å². The number of rotatable bonds is 6. The maximum Gasteiger partial charge on any atom is 0.270 e. The SMILES string of the molecule is O=C1CC[C@H](C(=O)NCC2(CNC(=O)c3nccc4[nH]ncc34)CC2)N1. The van der Waals surface area contributed by atoms with Gasteiger partial charge in [-0.15, -0.1) is 0 Å². The number of hydrogen-bond donors (Lipinski definition) is 4. The van der Waals surface area contributed by atoms with Crippen LogP contribution in [-0.2, 0) is 9.59 Å². The van der Waals surface area contributed by atoms with Gasteiger partial charge in [0.2, 0.25) is 11.8 Å². The minimum absolute atomic E-state index is 0.0838. The van der Waals surface area contributed by atoms with E-state index in [1.54, 1.807) is 18.5 Å². The monoisotopic (exact) mass is 356 g/mol. The van der Waals surface area contributed by atoms with E-state index in [9.17, 15) is 14.4 Å². The summed E-state index contributed by atoms with van der Waals surface area (Å²) in [5, 5.41) is 15.9. The van der Waals surface area contributed by atoms with Crippen molar-refractivity contribution in [3.63, 3.8) is 0 Å². The number of fused-ring (bicyclic) bond motifs is 1. The maximum atomic E-state index is 12.5. The molecule has 3 heterocycles. The highest BCUT2D eigenvalue weighted by Gasteiger charge is 2.43. The van der Waals surface area contributed by atoms with Crippen LogP contribution in [0.15, 0.2) is 18.5 Å². The zero-order valence-corrected chi connectivity index (χ0v) is 14.2. The molecule has 0 spiro atoms. The molecule has 0 aromatic carbocycles. The number of carbonyl (C=O) groups excluding carboxylic acids is 3. The zero-order valence-electron chi connectivity index (χ0n) is 14.2. The van der Waals surface area contributed by atoms with Gasteiger partial charge in [-0.1, -0.05) is 0 Å². The van der Waals surface area contributed by atoms with E-state index >= 15 is 0 Å². The third-order valence-corrected chi connectivity index (χ3v) is 5.11. The molecule has 136 valence electrons. The molecule has 0 unspecified atom stereocenters. The van der Waals surface area contributed by atoms with Gasteiger partial charge in [0.15, 0.2) is 0 Å². The summed E-state index contributed by atoms with van der Waals surface area (Å²) in [5.41, 5.74) is 0.986. The lowest BCUT2D eigenvalue weighted by Crippen LogP contribution is -2.45. The topological polar surface area (TPSA) is 129 Å². The number of H-pyrrole nitrogens is 1. The van der Waals surface area contributed by atoms with Gasteiger partial charge >= 0.3 is 0 Å². The summed E-state index contributed by atoms with van der Waals surface area (Å²) in [7, 11) is 0. The van der Waals surface area contributed by atoms with Crippen molar-refractivity contribution in [3.05, 3.63) is 24.2 Å². The Morgan fingerprint density at radius 3 is 2.81 bits per heavy atom. The lowest BCUT2D eigenvalue weighted by Gasteiger charge is -2.18. The van der Waals surface area contributed by atoms with Gasteiger partial charge in [0.25, 0.3) is 5.91 Å². The fourth-order valence-corrected chi connectivity index (χ4v) is 3.20. The first kappa shape index (κ1) is 16.5. The van der Waals surface area contributed by atoms with E-state index in [2.05, 4.69) is 31.1 Å². The highest BCUT2D eigenvalue weighted by Crippen LogP contribution is 2.44. The van der Waals surface area contributed by atoms with Crippen molar-refractivity contribution in [2.24, 2.45) is 5.41 Å². The van der Waals surface area contributed by atoms with Gasteiger partial charge in [-0.2, -0.15) is 5.10 Å². The molecule has 4 rings (SSSR count). The molecule has 3 amide bonds. The summed E-state index contributed by atoms with van der Waals surface area (Å²) in [6.07, 6.45) is 5.96. The van der Waals surface area contributed by atoms with Gasteiger partial charge in [0.1, 0.15) is 11.7 Å². The van der Waals surface area contributed by atoms with Gasteiger partial charge in [0.05, 0.1) is 17.1 Å². The van der Waals surface area contributed by atoms with Crippen molar-refractivity contribution >= 4 is 28.6 Å². The lowest BCUT2D eigenvalue weighted by molar-refractivity contribution is -0.125. The van der Waals surface area contributed by atoms with Crippen LogP contribution in [0, 0.1) is 5.41 Å². The number of nitrogens with one attached hydrogen (secondary N) is 4. The Labute approximate surface area is 149 Å². The average Bonchev–Trinajstić information content (AvgIpc) is 3.03. The number of aromatic nitrogens is 3. The molecule has 1 aliphatic heterocycles. The third kappa shape index (κ3) is 3.24. The smallest absolute Gasteiger partial charge is 0.270 e. The Balaban J connectivity index is 1.31. The number of hydrogen-bond acceptors (Lipinski definition) is 5. The van der Waals surface area contributed by atoms with Crippen molar-refractivity contribution in [1.29, 1.82) is 0 Å². The van der Waals surface area contributed by atoms with E-state index in [1.807, 2.05) is 0 Å². The lowest BCUT2D eigenvalue weighted by atomic mass is 10.1. The van der Waals surface area contributed by atoms with E-state index in [4.69, 9.17) is 0 Å². The molecular formula is C17H20N6O3. The summed E-state index contributed by atoms with van der Waals surface area (Å²) in [6, 6.07) is 1.33. The van der Waals surface area contributed by atoms with Crippen molar-refractivity contribution in [2.45, 2.75) is 31.7 Å². The van der Waals surface area contributed by atoms with Crippen LogP contribution in [0.1, 0.15) is 36.2 Å². The second kappa shape index (κ2) is 6.40. The molecule has 1 aliphatic carbocycles. The first-order valence-corrected chi connectivity index (χ1v) is 8.70. The van der Waals surface area contributed by atoms with Crippen molar-refractivity contribution < 1.29 is 14.4 Å². The number of carbonyl (C=O) groups is 3. The number of pyridine rings is 1. The van der Waals surface area contributed by atoms with Gasteiger partial charge in [-0.05, 0) is 25.3 Å². The summed E-state index contributed by atoms with van der Waals surface area (Å²) in [5.74, 6) is -0.490. The molecule has 2 aromatic heterocycles. The molecule has 26 heavy (non-hydrogen) atoms. The van der Waals surface area contributed by atoms with E-state index in [0.717, 1.165) is 18.4 Å². The average molecular weight is 356 g/mol. The molecule has 1 saturated carbocycles. The highest BCUT2D eigenvalue weighted by molar-refractivity contribution is 6.04. The molecule has 2 aliphatic rings. The Morgan fingerprint density at radius 2 is 2.08 bits per heavy atom. The normalized spacial score (nSPS) is 20.6. The Hall–Kier alpha value is -2.97. The molecular weight excluding hydrogens is 336 g/mol. The first-order chi connectivity index (χ1) is 12.6.